The first-order chi connectivity index (χ1) is 6.83. The average molecular weight is 232 g/mol. The zero-order chi connectivity index (χ0) is 11.6. The van der Waals surface area contributed by atoms with Gasteiger partial charge in [0.2, 0.25) is 0 Å². The second-order valence-electron chi connectivity index (χ2n) is 4.24. The summed E-state index contributed by atoms with van der Waals surface area (Å²) in [5.74, 6) is 0.122. The second kappa shape index (κ2) is 4.37. The van der Waals surface area contributed by atoms with E-state index in [0.29, 0.717) is 17.7 Å². The standard InChI is InChI=1S/C11H15ClFNO/c1-11(2,14)6-7-4-10(15-3)8(12)5-9(7)13/h4-5H,6,14H2,1-3H3. The fraction of sp³-hybridized carbons (Fsp3) is 0.455. The molecule has 1 aromatic carbocycles. The third-order valence-corrected chi connectivity index (χ3v) is 2.26. The van der Waals surface area contributed by atoms with E-state index in [-0.39, 0.29) is 10.8 Å². The molecular formula is C11H15ClFNO. The molecule has 0 heterocycles. The highest BCUT2D eigenvalue weighted by atomic mass is 35.5. The first-order valence-electron chi connectivity index (χ1n) is 4.64. The highest BCUT2D eigenvalue weighted by Gasteiger charge is 2.16. The van der Waals surface area contributed by atoms with E-state index in [1.54, 1.807) is 6.07 Å². The Morgan fingerprint density at radius 3 is 2.53 bits per heavy atom. The van der Waals surface area contributed by atoms with E-state index in [1.807, 2.05) is 13.8 Å². The number of halogens is 2. The van der Waals surface area contributed by atoms with Gasteiger partial charge in [-0.1, -0.05) is 11.6 Å². The van der Waals surface area contributed by atoms with Gasteiger partial charge in [0.25, 0.3) is 0 Å². The molecule has 0 saturated carbocycles. The summed E-state index contributed by atoms with van der Waals surface area (Å²) in [4.78, 5) is 0. The lowest BCUT2D eigenvalue weighted by Crippen LogP contribution is -2.34. The molecule has 0 aliphatic heterocycles. The van der Waals surface area contributed by atoms with Crippen LogP contribution in [0.15, 0.2) is 12.1 Å². The topological polar surface area (TPSA) is 35.2 Å². The van der Waals surface area contributed by atoms with Gasteiger partial charge in [0.1, 0.15) is 11.6 Å². The zero-order valence-corrected chi connectivity index (χ0v) is 9.86. The van der Waals surface area contributed by atoms with Crippen molar-refractivity contribution in [3.05, 3.63) is 28.5 Å². The molecular weight excluding hydrogens is 217 g/mol. The van der Waals surface area contributed by atoms with E-state index in [9.17, 15) is 4.39 Å². The van der Waals surface area contributed by atoms with Crippen molar-refractivity contribution >= 4 is 11.6 Å². The van der Waals surface area contributed by atoms with E-state index in [0.717, 1.165) is 0 Å². The quantitative estimate of drug-likeness (QED) is 0.868. The van der Waals surface area contributed by atoms with Crippen LogP contribution in [0.4, 0.5) is 4.39 Å². The summed E-state index contributed by atoms with van der Waals surface area (Å²) in [5, 5.41) is 0.272. The molecule has 0 aliphatic rings. The van der Waals surface area contributed by atoms with E-state index < -0.39 is 5.54 Å². The molecule has 0 amide bonds. The first kappa shape index (κ1) is 12.3. The smallest absolute Gasteiger partial charge is 0.137 e. The second-order valence-corrected chi connectivity index (χ2v) is 4.65. The van der Waals surface area contributed by atoms with Crippen molar-refractivity contribution in [2.75, 3.05) is 7.11 Å². The maximum absolute atomic E-state index is 13.5. The van der Waals surface area contributed by atoms with Gasteiger partial charge in [-0.3, -0.25) is 0 Å². The molecule has 0 bridgehead atoms. The number of hydrogen-bond donors (Lipinski definition) is 1. The van der Waals surface area contributed by atoms with Crippen LogP contribution >= 0.6 is 11.6 Å². The van der Waals surface area contributed by atoms with Crippen LogP contribution in [0.2, 0.25) is 5.02 Å². The Kier molecular flexibility index (Phi) is 3.58. The molecule has 1 rings (SSSR count). The minimum absolute atomic E-state index is 0.272. The van der Waals surface area contributed by atoms with E-state index in [2.05, 4.69) is 0 Å². The van der Waals surface area contributed by atoms with Gasteiger partial charge >= 0.3 is 0 Å². The number of methoxy groups -OCH3 is 1. The van der Waals surface area contributed by atoms with Gasteiger partial charge in [-0.25, -0.2) is 4.39 Å². The van der Waals surface area contributed by atoms with Crippen molar-refractivity contribution in [3.63, 3.8) is 0 Å². The number of hydrogen-bond acceptors (Lipinski definition) is 2. The average Bonchev–Trinajstić information content (AvgIpc) is 2.07. The summed E-state index contributed by atoms with van der Waals surface area (Å²) in [6.45, 7) is 3.68. The zero-order valence-electron chi connectivity index (χ0n) is 9.10. The first-order valence-corrected chi connectivity index (χ1v) is 5.02. The maximum Gasteiger partial charge on any atom is 0.137 e. The molecule has 2 N–H and O–H groups in total. The van der Waals surface area contributed by atoms with Gasteiger partial charge in [0.05, 0.1) is 12.1 Å². The van der Waals surface area contributed by atoms with Crippen LogP contribution in [0.1, 0.15) is 19.4 Å². The number of benzene rings is 1. The Morgan fingerprint density at radius 1 is 1.47 bits per heavy atom. The maximum atomic E-state index is 13.5. The summed E-state index contributed by atoms with van der Waals surface area (Å²) in [6.07, 6.45) is 0.437. The van der Waals surface area contributed by atoms with Crippen molar-refractivity contribution in [1.29, 1.82) is 0 Å². The lowest BCUT2D eigenvalue weighted by atomic mass is 9.96. The lowest BCUT2D eigenvalue weighted by molar-refractivity contribution is 0.411. The number of rotatable bonds is 3. The highest BCUT2D eigenvalue weighted by Crippen LogP contribution is 2.28. The van der Waals surface area contributed by atoms with Crippen LogP contribution in [-0.4, -0.2) is 12.6 Å². The SMILES string of the molecule is COc1cc(CC(C)(C)N)c(F)cc1Cl. The minimum atomic E-state index is -0.459. The molecule has 0 spiro atoms. The van der Waals surface area contributed by atoms with Gasteiger partial charge < -0.3 is 10.5 Å². The summed E-state index contributed by atoms with van der Waals surface area (Å²) in [5.41, 5.74) is 5.88. The predicted octanol–water partition coefficient (Wildman–Crippen LogP) is 2.77. The van der Waals surface area contributed by atoms with Gasteiger partial charge in [0.15, 0.2) is 0 Å². The van der Waals surface area contributed by atoms with E-state index in [4.69, 9.17) is 22.1 Å². The largest absolute Gasteiger partial charge is 0.495 e. The summed E-state index contributed by atoms with van der Waals surface area (Å²) in [7, 11) is 1.50. The molecule has 84 valence electrons. The summed E-state index contributed by atoms with van der Waals surface area (Å²) < 4.78 is 18.5. The number of nitrogens with two attached hydrogens (primary N) is 1. The Bertz CT molecular complexity index is 360. The van der Waals surface area contributed by atoms with Crippen molar-refractivity contribution in [2.24, 2.45) is 5.73 Å². The molecule has 1 aromatic rings. The molecule has 2 nitrogen and oxygen atoms in total. The molecule has 0 aliphatic carbocycles. The van der Waals surface area contributed by atoms with Gasteiger partial charge in [0, 0.05) is 5.54 Å². The Morgan fingerprint density at radius 2 is 2.07 bits per heavy atom. The van der Waals surface area contributed by atoms with Crippen molar-refractivity contribution in [2.45, 2.75) is 25.8 Å². The minimum Gasteiger partial charge on any atom is -0.495 e. The molecule has 0 unspecified atom stereocenters. The normalized spacial score (nSPS) is 11.6. The molecule has 0 saturated heterocycles. The fourth-order valence-corrected chi connectivity index (χ4v) is 1.58. The molecule has 0 radical (unpaired) electrons. The third kappa shape index (κ3) is 3.36. The van der Waals surface area contributed by atoms with E-state index in [1.165, 1.54) is 13.2 Å². The molecule has 0 atom stereocenters. The predicted molar refractivity (Wildman–Crippen MR) is 59.9 cm³/mol. The molecule has 0 fully saturated rings. The Labute approximate surface area is 94.2 Å². The lowest BCUT2D eigenvalue weighted by Gasteiger charge is -2.19. The van der Waals surface area contributed by atoms with E-state index >= 15 is 0 Å². The van der Waals surface area contributed by atoms with Crippen LogP contribution in [-0.2, 0) is 6.42 Å². The summed E-state index contributed by atoms with van der Waals surface area (Å²) >= 11 is 5.78. The van der Waals surface area contributed by atoms with Crippen molar-refractivity contribution in [1.82, 2.24) is 0 Å². The third-order valence-electron chi connectivity index (χ3n) is 1.97. The van der Waals surface area contributed by atoms with Gasteiger partial charge in [-0.2, -0.15) is 0 Å². The van der Waals surface area contributed by atoms with Crippen LogP contribution in [0.25, 0.3) is 0 Å². The van der Waals surface area contributed by atoms with Gasteiger partial charge in [-0.15, -0.1) is 0 Å². The molecule has 15 heavy (non-hydrogen) atoms. The Balaban J connectivity index is 3.08. The van der Waals surface area contributed by atoms with Crippen LogP contribution < -0.4 is 10.5 Å². The summed E-state index contributed by atoms with van der Waals surface area (Å²) in [6, 6.07) is 2.84. The van der Waals surface area contributed by atoms with Crippen molar-refractivity contribution in [3.8, 4) is 5.75 Å². The molecule has 4 heteroatoms. The molecule has 0 aromatic heterocycles. The monoisotopic (exact) mass is 231 g/mol. The number of ether oxygens (including phenoxy) is 1. The van der Waals surface area contributed by atoms with Crippen molar-refractivity contribution < 1.29 is 9.13 Å². The highest BCUT2D eigenvalue weighted by molar-refractivity contribution is 6.32. The van der Waals surface area contributed by atoms with Crippen LogP contribution in [0.3, 0.4) is 0 Å². The fourth-order valence-electron chi connectivity index (χ4n) is 1.35. The Hall–Kier alpha value is -0.800. The van der Waals surface area contributed by atoms with Crippen LogP contribution in [0.5, 0.6) is 5.75 Å². The van der Waals surface area contributed by atoms with Gasteiger partial charge in [-0.05, 0) is 38.0 Å². The van der Waals surface area contributed by atoms with Crippen LogP contribution in [0, 0.1) is 5.82 Å².